The van der Waals surface area contributed by atoms with E-state index in [1.807, 2.05) is 19.9 Å². The first-order valence-electron chi connectivity index (χ1n) is 7.53. The summed E-state index contributed by atoms with van der Waals surface area (Å²) in [6.07, 6.45) is 2.96. The minimum absolute atomic E-state index is 0.0898. The number of aryl methyl sites for hydroxylation is 1. The van der Waals surface area contributed by atoms with Gasteiger partial charge in [-0.1, -0.05) is 32.8 Å². The number of anilines is 1. The molecule has 0 heterocycles. The van der Waals surface area contributed by atoms with E-state index in [2.05, 4.69) is 18.6 Å². The Morgan fingerprint density at radius 2 is 1.76 bits per heavy atom. The monoisotopic (exact) mass is 312 g/mol. The zero-order valence-corrected chi connectivity index (χ0v) is 14.5. The maximum Gasteiger partial charge on any atom is 0.243 e. The molecule has 1 atom stereocenters. The molecule has 0 spiro atoms. The molecule has 120 valence electrons. The van der Waals surface area contributed by atoms with Crippen LogP contribution in [-0.2, 0) is 10.0 Å². The van der Waals surface area contributed by atoms with Crippen LogP contribution in [0.4, 0.5) is 5.69 Å². The molecular formula is C16H28N2O2S. The topological polar surface area (TPSA) is 72.2 Å². The van der Waals surface area contributed by atoms with Crippen molar-refractivity contribution in [1.29, 1.82) is 0 Å². The fraction of sp³-hybridized carbons (Fsp3) is 0.625. The first kappa shape index (κ1) is 18.0. The molecule has 1 aromatic carbocycles. The summed E-state index contributed by atoms with van der Waals surface area (Å²) < 4.78 is 27.8. The molecule has 1 rings (SSSR count). The largest absolute Gasteiger partial charge is 0.398 e. The van der Waals surface area contributed by atoms with Crippen molar-refractivity contribution in [3.63, 3.8) is 0 Å². The van der Waals surface area contributed by atoms with Gasteiger partial charge in [0.2, 0.25) is 10.0 Å². The van der Waals surface area contributed by atoms with Crippen molar-refractivity contribution in [1.82, 2.24) is 4.72 Å². The van der Waals surface area contributed by atoms with Crippen LogP contribution in [0.5, 0.6) is 0 Å². The van der Waals surface area contributed by atoms with Crippen molar-refractivity contribution in [2.24, 2.45) is 5.92 Å². The van der Waals surface area contributed by atoms with E-state index in [1.54, 1.807) is 13.0 Å². The van der Waals surface area contributed by atoms with Crippen LogP contribution in [0.25, 0.3) is 0 Å². The van der Waals surface area contributed by atoms with Crippen LogP contribution >= 0.6 is 0 Å². The predicted molar refractivity (Wildman–Crippen MR) is 88.8 cm³/mol. The lowest BCUT2D eigenvalue weighted by molar-refractivity contribution is 0.488. The third-order valence-electron chi connectivity index (χ3n) is 3.75. The quantitative estimate of drug-likeness (QED) is 0.758. The van der Waals surface area contributed by atoms with Crippen LogP contribution < -0.4 is 10.5 Å². The van der Waals surface area contributed by atoms with Gasteiger partial charge in [-0.25, -0.2) is 13.1 Å². The van der Waals surface area contributed by atoms with E-state index in [9.17, 15) is 8.42 Å². The van der Waals surface area contributed by atoms with Crippen molar-refractivity contribution >= 4 is 15.7 Å². The Hall–Kier alpha value is -1.07. The molecule has 0 aromatic heterocycles. The summed E-state index contributed by atoms with van der Waals surface area (Å²) in [6, 6.07) is 3.41. The van der Waals surface area contributed by atoms with Gasteiger partial charge in [0.25, 0.3) is 0 Å². The Labute approximate surface area is 129 Å². The Morgan fingerprint density at radius 3 is 2.33 bits per heavy atom. The predicted octanol–water partition coefficient (Wildman–Crippen LogP) is 3.38. The molecule has 0 aliphatic heterocycles. The summed E-state index contributed by atoms with van der Waals surface area (Å²) >= 11 is 0. The molecule has 0 saturated heterocycles. The molecular weight excluding hydrogens is 284 g/mol. The number of nitrogens with two attached hydrogens (primary N) is 1. The molecule has 0 fully saturated rings. The number of rotatable bonds is 7. The number of hydrogen-bond acceptors (Lipinski definition) is 3. The lowest BCUT2D eigenvalue weighted by Gasteiger charge is -2.18. The van der Waals surface area contributed by atoms with Crippen LogP contribution in [0.3, 0.4) is 0 Å². The number of nitrogen functional groups attached to an aromatic ring is 1. The van der Waals surface area contributed by atoms with E-state index >= 15 is 0 Å². The molecule has 4 nitrogen and oxygen atoms in total. The highest BCUT2D eigenvalue weighted by atomic mass is 32.2. The maximum absolute atomic E-state index is 12.5. The molecule has 0 bridgehead atoms. The van der Waals surface area contributed by atoms with Crippen molar-refractivity contribution in [3.8, 4) is 0 Å². The van der Waals surface area contributed by atoms with Crippen LogP contribution in [0.15, 0.2) is 17.0 Å². The molecule has 0 aliphatic rings. The number of nitrogens with one attached hydrogen (secondary N) is 1. The van der Waals surface area contributed by atoms with Gasteiger partial charge < -0.3 is 5.73 Å². The first-order chi connectivity index (χ1) is 9.65. The minimum Gasteiger partial charge on any atom is -0.398 e. The van der Waals surface area contributed by atoms with Gasteiger partial charge in [0, 0.05) is 6.04 Å². The Balaban J connectivity index is 2.85. The zero-order valence-electron chi connectivity index (χ0n) is 13.7. The van der Waals surface area contributed by atoms with E-state index in [0.717, 1.165) is 30.4 Å². The summed E-state index contributed by atoms with van der Waals surface area (Å²) in [6.45, 7) is 9.93. The second-order valence-corrected chi connectivity index (χ2v) is 7.92. The number of benzene rings is 1. The van der Waals surface area contributed by atoms with E-state index < -0.39 is 10.0 Å². The zero-order chi connectivity index (χ0) is 16.2. The van der Waals surface area contributed by atoms with E-state index in [-0.39, 0.29) is 10.9 Å². The highest BCUT2D eigenvalue weighted by Crippen LogP contribution is 2.25. The van der Waals surface area contributed by atoms with Gasteiger partial charge in [0.1, 0.15) is 4.90 Å². The molecule has 0 amide bonds. The molecule has 0 saturated carbocycles. The van der Waals surface area contributed by atoms with Crippen molar-refractivity contribution in [3.05, 3.63) is 23.3 Å². The van der Waals surface area contributed by atoms with Gasteiger partial charge in [0.05, 0.1) is 5.69 Å². The highest BCUT2D eigenvalue weighted by Gasteiger charge is 2.23. The van der Waals surface area contributed by atoms with Gasteiger partial charge in [-0.3, -0.25) is 0 Å². The van der Waals surface area contributed by atoms with Crippen molar-refractivity contribution in [2.75, 3.05) is 5.73 Å². The van der Waals surface area contributed by atoms with Crippen LogP contribution in [0.1, 0.15) is 51.2 Å². The molecule has 1 aromatic rings. The van der Waals surface area contributed by atoms with Gasteiger partial charge in [0.15, 0.2) is 0 Å². The molecule has 21 heavy (non-hydrogen) atoms. The molecule has 3 N–H and O–H groups in total. The summed E-state index contributed by atoms with van der Waals surface area (Å²) in [5, 5.41) is 0. The SMILES string of the molecule is Cc1ccc(N)c(S(=O)(=O)NC(C)CCCC(C)C)c1C. The summed E-state index contributed by atoms with van der Waals surface area (Å²) in [5.41, 5.74) is 7.83. The normalized spacial score (nSPS) is 13.6. The maximum atomic E-state index is 12.5. The van der Waals surface area contributed by atoms with Crippen LogP contribution in [0.2, 0.25) is 0 Å². The van der Waals surface area contributed by atoms with Gasteiger partial charge in [-0.2, -0.15) is 0 Å². The van der Waals surface area contributed by atoms with Gasteiger partial charge in [-0.05, 0) is 50.3 Å². The second-order valence-electron chi connectivity index (χ2n) is 6.27. The van der Waals surface area contributed by atoms with Crippen molar-refractivity contribution < 1.29 is 8.42 Å². The second kappa shape index (κ2) is 7.27. The first-order valence-corrected chi connectivity index (χ1v) is 9.01. The van der Waals surface area contributed by atoms with Gasteiger partial charge >= 0.3 is 0 Å². The number of hydrogen-bond donors (Lipinski definition) is 2. The summed E-state index contributed by atoms with van der Waals surface area (Å²) in [4.78, 5) is 0.221. The average Bonchev–Trinajstić information content (AvgIpc) is 2.32. The molecule has 1 unspecified atom stereocenters. The van der Waals surface area contributed by atoms with E-state index in [4.69, 9.17) is 5.73 Å². The Kier molecular flexibility index (Phi) is 6.23. The third kappa shape index (κ3) is 5.00. The van der Waals surface area contributed by atoms with Gasteiger partial charge in [-0.15, -0.1) is 0 Å². The average molecular weight is 312 g/mol. The lowest BCUT2D eigenvalue weighted by Crippen LogP contribution is -2.33. The van der Waals surface area contributed by atoms with E-state index in [0.29, 0.717) is 11.6 Å². The number of sulfonamides is 1. The fourth-order valence-corrected chi connectivity index (χ4v) is 4.09. The lowest BCUT2D eigenvalue weighted by atomic mass is 10.0. The van der Waals surface area contributed by atoms with E-state index in [1.165, 1.54) is 0 Å². The van der Waals surface area contributed by atoms with Crippen LogP contribution in [0, 0.1) is 19.8 Å². The smallest absolute Gasteiger partial charge is 0.243 e. The van der Waals surface area contributed by atoms with Crippen LogP contribution in [-0.4, -0.2) is 14.5 Å². The highest BCUT2D eigenvalue weighted by molar-refractivity contribution is 7.89. The minimum atomic E-state index is -3.57. The van der Waals surface area contributed by atoms with Crippen molar-refractivity contribution in [2.45, 2.75) is 64.8 Å². The Morgan fingerprint density at radius 1 is 1.14 bits per heavy atom. The Bertz CT molecular complexity index is 580. The summed E-state index contributed by atoms with van der Waals surface area (Å²) in [7, 11) is -3.57. The molecule has 5 heteroatoms. The fourth-order valence-electron chi connectivity index (χ4n) is 2.38. The summed E-state index contributed by atoms with van der Waals surface area (Å²) in [5.74, 6) is 0.642. The molecule has 0 aliphatic carbocycles. The third-order valence-corrected chi connectivity index (χ3v) is 5.54. The molecule has 0 radical (unpaired) electrons. The standard InChI is InChI=1S/C16H28N2O2S/c1-11(2)7-6-8-13(4)18-21(19,20)16-14(5)12(3)9-10-15(16)17/h9-11,13,18H,6-8,17H2,1-5H3.